The van der Waals surface area contributed by atoms with Crippen LogP contribution in [-0.4, -0.2) is 13.0 Å². The van der Waals surface area contributed by atoms with Crippen LogP contribution >= 0.6 is 0 Å². The van der Waals surface area contributed by atoms with Gasteiger partial charge in [0.1, 0.15) is 5.54 Å². The summed E-state index contributed by atoms with van der Waals surface area (Å²) in [7, 11) is 1.78. The predicted octanol–water partition coefficient (Wildman–Crippen LogP) is 1.96. The molecule has 0 radical (unpaired) electrons. The van der Waals surface area contributed by atoms with Crippen molar-refractivity contribution in [3.63, 3.8) is 0 Å². The highest BCUT2D eigenvalue weighted by Gasteiger charge is 2.46. The molecule has 3 heteroatoms. The predicted molar refractivity (Wildman–Crippen MR) is 69.9 cm³/mol. The lowest BCUT2D eigenvalue weighted by molar-refractivity contribution is -0.122. The third kappa shape index (κ3) is 1.50. The lowest BCUT2D eigenvalue weighted by atomic mass is 9.85. The summed E-state index contributed by atoms with van der Waals surface area (Å²) in [6.45, 7) is 5.78. The first-order chi connectivity index (χ1) is 8.06. The molecule has 17 heavy (non-hydrogen) atoms. The van der Waals surface area contributed by atoms with Gasteiger partial charge in [-0.25, -0.2) is 0 Å². The highest BCUT2D eigenvalue weighted by Crippen LogP contribution is 2.42. The van der Waals surface area contributed by atoms with E-state index in [2.05, 4.69) is 13.5 Å². The molecule has 1 aromatic rings. The van der Waals surface area contributed by atoms with Gasteiger partial charge in [0.05, 0.1) is 0 Å². The molecule has 1 heterocycles. The quantitative estimate of drug-likeness (QED) is 0.807. The van der Waals surface area contributed by atoms with Crippen molar-refractivity contribution in [1.82, 2.24) is 0 Å². The van der Waals surface area contributed by atoms with Crippen LogP contribution in [0.25, 0.3) is 0 Å². The van der Waals surface area contributed by atoms with Crippen molar-refractivity contribution in [2.45, 2.75) is 25.3 Å². The molecular weight excluding hydrogens is 212 g/mol. The fourth-order valence-corrected chi connectivity index (χ4v) is 2.61. The molecular formula is C14H18N2O. The number of nitrogens with two attached hydrogens (primary N) is 1. The van der Waals surface area contributed by atoms with Gasteiger partial charge in [-0.2, -0.15) is 0 Å². The van der Waals surface area contributed by atoms with Gasteiger partial charge in [0.2, 0.25) is 0 Å². The Morgan fingerprint density at radius 2 is 2.24 bits per heavy atom. The van der Waals surface area contributed by atoms with E-state index in [1.165, 1.54) is 0 Å². The van der Waals surface area contributed by atoms with Crippen molar-refractivity contribution in [1.29, 1.82) is 0 Å². The number of hydrogen-bond donors (Lipinski definition) is 1. The van der Waals surface area contributed by atoms with Crippen LogP contribution in [0, 0.1) is 0 Å². The molecule has 0 aliphatic carbocycles. The largest absolute Gasteiger partial charge is 0.313 e. The van der Waals surface area contributed by atoms with Crippen LogP contribution in [0.15, 0.2) is 30.9 Å². The van der Waals surface area contributed by atoms with E-state index in [0.717, 1.165) is 23.2 Å². The Morgan fingerprint density at radius 3 is 2.82 bits per heavy atom. The summed E-state index contributed by atoms with van der Waals surface area (Å²) in [5.41, 5.74) is 8.44. The Hall–Kier alpha value is -1.61. The molecule has 2 rings (SSSR count). The Bertz CT molecular complexity index is 481. The highest BCUT2D eigenvalue weighted by atomic mass is 16.2. The normalized spacial score (nSPS) is 22.8. The number of fused-ring (bicyclic) bond motifs is 1. The molecule has 0 aromatic heterocycles. The number of amides is 1. The van der Waals surface area contributed by atoms with Crippen LogP contribution in [0.3, 0.4) is 0 Å². The number of anilines is 1. The minimum absolute atomic E-state index is 0.0479. The molecule has 1 aliphatic rings. The zero-order chi connectivity index (χ0) is 12.6. The molecule has 1 amide bonds. The molecule has 1 aromatic carbocycles. The molecule has 0 bridgehead atoms. The lowest BCUT2D eigenvalue weighted by Crippen LogP contribution is -2.46. The number of carbonyl (C=O) groups excluding carboxylic acids is 1. The topological polar surface area (TPSA) is 46.3 Å². The lowest BCUT2D eigenvalue weighted by Gasteiger charge is -2.23. The maximum atomic E-state index is 12.3. The van der Waals surface area contributed by atoms with E-state index in [-0.39, 0.29) is 5.91 Å². The number of nitrogens with zero attached hydrogens (tertiary/aromatic N) is 1. The number of rotatable bonds is 3. The second-order valence-electron chi connectivity index (χ2n) is 4.49. The van der Waals surface area contributed by atoms with Gasteiger partial charge in [-0.1, -0.05) is 25.1 Å². The first-order valence-electron chi connectivity index (χ1n) is 5.86. The molecule has 2 N–H and O–H groups in total. The standard InChI is InChI=1S/C14H18N2O/c1-4-9-14(15)12-10(5-2)7-6-8-11(12)16(3)13(14)17/h4,6-8H,1,5,9,15H2,2-3H3/t14-/m0/s1. The van der Waals surface area contributed by atoms with E-state index in [1.807, 2.05) is 18.2 Å². The van der Waals surface area contributed by atoms with Gasteiger partial charge in [-0.3, -0.25) is 4.79 Å². The minimum Gasteiger partial charge on any atom is -0.313 e. The molecule has 0 spiro atoms. The van der Waals surface area contributed by atoms with Crippen molar-refractivity contribution in [2.75, 3.05) is 11.9 Å². The Labute approximate surface area is 102 Å². The van der Waals surface area contributed by atoms with Gasteiger partial charge in [0.25, 0.3) is 5.91 Å². The van der Waals surface area contributed by atoms with E-state index in [9.17, 15) is 4.79 Å². The molecule has 90 valence electrons. The molecule has 1 aliphatic heterocycles. The summed E-state index contributed by atoms with van der Waals surface area (Å²) in [6, 6.07) is 5.96. The van der Waals surface area contributed by atoms with Crippen molar-refractivity contribution < 1.29 is 4.79 Å². The maximum absolute atomic E-state index is 12.3. The smallest absolute Gasteiger partial charge is 0.251 e. The Morgan fingerprint density at radius 1 is 1.53 bits per heavy atom. The second-order valence-corrected chi connectivity index (χ2v) is 4.49. The first kappa shape index (κ1) is 11.9. The van der Waals surface area contributed by atoms with E-state index in [1.54, 1.807) is 18.0 Å². The van der Waals surface area contributed by atoms with Gasteiger partial charge >= 0.3 is 0 Å². The van der Waals surface area contributed by atoms with Crippen molar-refractivity contribution in [3.8, 4) is 0 Å². The van der Waals surface area contributed by atoms with Gasteiger partial charge in [-0.15, -0.1) is 6.58 Å². The Balaban J connectivity index is 2.69. The summed E-state index contributed by atoms with van der Waals surface area (Å²) in [5.74, 6) is -0.0479. The van der Waals surface area contributed by atoms with Crippen molar-refractivity contribution in [2.24, 2.45) is 5.73 Å². The third-order valence-corrected chi connectivity index (χ3v) is 3.47. The average Bonchev–Trinajstić information content (AvgIpc) is 2.53. The average molecular weight is 230 g/mol. The summed E-state index contributed by atoms with van der Waals surface area (Å²) in [4.78, 5) is 13.9. The summed E-state index contributed by atoms with van der Waals surface area (Å²) >= 11 is 0. The molecule has 0 fully saturated rings. The highest BCUT2D eigenvalue weighted by molar-refractivity contribution is 6.07. The number of benzene rings is 1. The molecule has 3 nitrogen and oxygen atoms in total. The molecule has 0 saturated heterocycles. The molecule has 1 atom stereocenters. The minimum atomic E-state index is -0.932. The van der Waals surface area contributed by atoms with Gasteiger partial charge in [0, 0.05) is 18.3 Å². The van der Waals surface area contributed by atoms with E-state index >= 15 is 0 Å². The SMILES string of the molecule is C=CC[C@@]1(N)C(=O)N(C)c2cccc(CC)c21. The van der Waals surface area contributed by atoms with Crippen LogP contribution < -0.4 is 10.6 Å². The van der Waals surface area contributed by atoms with E-state index in [0.29, 0.717) is 6.42 Å². The van der Waals surface area contributed by atoms with Crippen LogP contribution in [0.5, 0.6) is 0 Å². The molecule has 0 unspecified atom stereocenters. The zero-order valence-corrected chi connectivity index (χ0v) is 10.4. The van der Waals surface area contributed by atoms with Gasteiger partial charge < -0.3 is 10.6 Å². The summed E-state index contributed by atoms with van der Waals surface area (Å²) < 4.78 is 0. The first-order valence-corrected chi connectivity index (χ1v) is 5.86. The number of hydrogen-bond acceptors (Lipinski definition) is 2. The summed E-state index contributed by atoms with van der Waals surface area (Å²) in [5, 5.41) is 0. The van der Waals surface area contributed by atoms with E-state index < -0.39 is 5.54 Å². The van der Waals surface area contributed by atoms with Gasteiger partial charge in [0.15, 0.2) is 0 Å². The van der Waals surface area contributed by atoms with Crippen molar-refractivity contribution in [3.05, 3.63) is 42.0 Å². The third-order valence-electron chi connectivity index (χ3n) is 3.47. The second kappa shape index (κ2) is 4.00. The monoisotopic (exact) mass is 230 g/mol. The number of carbonyl (C=O) groups is 1. The fraction of sp³-hybridized carbons (Fsp3) is 0.357. The maximum Gasteiger partial charge on any atom is 0.251 e. The van der Waals surface area contributed by atoms with Crippen LogP contribution in [-0.2, 0) is 16.8 Å². The van der Waals surface area contributed by atoms with Crippen molar-refractivity contribution >= 4 is 11.6 Å². The Kier molecular flexibility index (Phi) is 2.79. The molecule has 0 saturated carbocycles. The van der Waals surface area contributed by atoms with Crippen LogP contribution in [0.2, 0.25) is 0 Å². The fourth-order valence-electron chi connectivity index (χ4n) is 2.61. The van der Waals surface area contributed by atoms with E-state index in [4.69, 9.17) is 5.73 Å². The number of likely N-dealkylation sites (N-methyl/N-ethyl adjacent to an activating group) is 1. The zero-order valence-electron chi connectivity index (χ0n) is 10.4. The van der Waals surface area contributed by atoms with Crippen LogP contribution in [0.4, 0.5) is 5.69 Å². The van der Waals surface area contributed by atoms with Gasteiger partial charge in [-0.05, 0) is 24.5 Å². The number of aryl methyl sites for hydroxylation is 1. The summed E-state index contributed by atoms with van der Waals surface area (Å²) in [6.07, 6.45) is 3.06. The van der Waals surface area contributed by atoms with Crippen LogP contribution in [0.1, 0.15) is 24.5 Å².